The van der Waals surface area contributed by atoms with E-state index in [2.05, 4.69) is 5.32 Å². The lowest BCUT2D eigenvalue weighted by Crippen LogP contribution is -2.54. The van der Waals surface area contributed by atoms with Crippen LogP contribution in [0.2, 0.25) is 0 Å². The van der Waals surface area contributed by atoms with Crippen LogP contribution in [0.1, 0.15) is 40.2 Å². The van der Waals surface area contributed by atoms with E-state index in [0.29, 0.717) is 12.4 Å². The second-order valence-corrected chi connectivity index (χ2v) is 12.2. The number of benzene rings is 3. The van der Waals surface area contributed by atoms with Gasteiger partial charge in [0.15, 0.2) is 0 Å². The number of carbonyl (C=O) groups excluding carboxylic acids is 2. The predicted octanol–water partition coefficient (Wildman–Crippen LogP) is 4.75. The van der Waals surface area contributed by atoms with Gasteiger partial charge in [0, 0.05) is 12.1 Å². The molecule has 0 radical (unpaired) electrons. The highest BCUT2D eigenvalue weighted by Gasteiger charge is 2.33. The number of nitrogens with zero attached hydrogens (tertiary/aromatic N) is 2. The normalized spacial score (nSPS) is 12.3. The molecule has 3 aromatic carbocycles. The van der Waals surface area contributed by atoms with Gasteiger partial charge in [-0.05, 0) is 88.7 Å². The molecule has 0 aliphatic carbocycles. The zero-order valence-corrected chi connectivity index (χ0v) is 24.2. The molecule has 0 saturated heterocycles. The van der Waals surface area contributed by atoms with Crippen LogP contribution in [0.5, 0.6) is 5.75 Å². The van der Waals surface area contributed by atoms with E-state index < -0.39 is 39.9 Å². The van der Waals surface area contributed by atoms with E-state index in [1.165, 1.54) is 41.3 Å². The SMILES string of the molecule is CCOc1ccc(S(=O)(=O)N(CC(=O)N(Cc2ccccc2)[C@@H](C)C(=O)NC(C)(C)C)c2ccc(F)cc2)cc1. The van der Waals surface area contributed by atoms with Crippen molar-refractivity contribution >= 4 is 27.5 Å². The van der Waals surface area contributed by atoms with Crippen LogP contribution in [-0.4, -0.2) is 49.9 Å². The highest BCUT2D eigenvalue weighted by Crippen LogP contribution is 2.26. The third kappa shape index (κ3) is 8.05. The van der Waals surface area contributed by atoms with Crippen molar-refractivity contribution in [2.45, 2.75) is 57.6 Å². The van der Waals surface area contributed by atoms with Crippen LogP contribution in [0.25, 0.3) is 0 Å². The summed E-state index contributed by atoms with van der Waals surface area (Å²) in [6.07, 6.45) is 0. The molecule has 0 saturated carbocycles. The number of hydrogen-bond donors (Lipinski definition) is 1. The second-order valence-electron chi connectivity index (χ2n) is 10.3. The quantitative estimate of drug-likeness (QED) is 0.360. The minimum absolute atomic E-state index is 0.0683. The van der Waals surface area contributed by atoms with Gasteiger partial charge >= 0.3 is 0 Å². The Morgan fingerprint density at radius 1 is 0.950 bits per heavy atom. The summed E-state index contributed by atoms with van der Waals surface area (Å²) in [5.41, 5.74) is 0.341. The van der Waals surface area contributed by atoms with Gasteiger partial charge in [-0.15, -0.1) is 0 Å². The number of halogens is 1. The van der Waals surface area contributed by atoms with Crippen molar-refractivity contribution in [3.8, 4) is 5.75 Å². The van der Waals surface area contributed by atoms with Crippen LogP contribution in [0, 0.1) is 5.82 Å². The molecule has 0 aliphatic rings. The third-order valence-corrected chi connectivity index (χ3v) is 7.77. The minimum Gasteiger partial charge on any atom is -0.494 e. The Balaban J connectivity index is 2.01. The van der Waals surface area contributed by atoms with Gasteiger partial charge in [0.2, 0.25) is 11.8 Å². The van der Waals surface area contributed by atoms with Crippen LogP contribution >= 0.6 is 0 Å². The number of anilines is 1. The number of sulfonamides is 1. The maximum atomic E-state index is 13.9. The first-order valence-corrected chi connectivity index (χ1v) is 14.4. The summed E-state index contributed by atoms with van der Waals surface area (Å²) in [4.78, 5) is 28.3. The first-order chi connectivity index (χ1) is 18.8. The molecule has 0 aromatic heterocycles. The maximum absolute atomic E-state index is 13.9. The van der Waals surface area contributed by atoms with Crippen LogP contribution in [0.15, 0.2) is 83.8 Å². The summed E-state index contributed by atoms with van der Waals surface area (Å²) >= 11 is 0. The Morgan fingerprint density at radius 2 is 1.55 bits per heavy atom. The molecule has 10 heteroatoms. The van der Waals surface area contributed by atoms with E-state index in [4.69, 9.17) is 4.74 Å². The van der Waals surface area contributed by atoms with Crippen molar-refractivity contribution in [3.63, 3.8) is 0 Å². The monoisotopic (exact) mass is 569 g/mol. The molecule has 3 rings (SSSR count). The van der Waals surface area contributed by atoms with Crippen molar-refractivity contribution in [2.24, 2.45) is 0 Å². The molecular formula is C30H36FN3O5S. The molecule has 0 bridgehead atoms. The average molecular weight is 570 g/mol. The lowest BCUT2D eigenvalue weighted by molar-refractivity contribution is -0.140. The van der Waals surface area contributed by atoms with Gasteiger partial charge < -0.3 is 15.0 Å². The lowest BCUT2D eigenvalue weighted by Gasteiger charge is -2.33. The molecule has 1 atom stereocenters. The van der Waals surface area contributed by atoms with E-state index in [1.807, 2.05) is 58.0 Å². The first-order valence-electron chi connectivity index (χ1n) is 13.0. The van der Waals surface area contributed by atoms with Gasteiger partial charge in [-0.3, -0.25) is 13.9 Å². The van der Waals surface area contributed by atoms with Crippen molar-refractivity contribution in [2.75, 3.05) is 17.5 Å². The molecule has 0 heterocycles. The Bertz CT molecular complexity index is 1390. The molecule has 1 N–H and O–H groups in total. The van der Waals surface area contributed by atoms with E-state index in [1.54, 1.807) is 6.92 Å². The molecule has 2 amide bonds. The topological polar surface area (TPSA) is 96.0 Å². The number of ether oxygens (including phenoxy) is 1. The smallest absolute Gasteiger partial charge is 0.264 e. The van der Waals surface area contributed by atoms with Crippen molar-refractivity contribution in [1.82, 2.24) is 10.2 Å². The molecule has 0 spiro atoms. The molecule has 8 nitrogen and oxygen atoms in total. The minimum atomic E-state index is -4.27. The summed E-state index contributed by atoms with van der Waals surface area (Å²) in [5, 5.41) is 2.88. The summed E-state index contributed by atoms with van der Waals surface area (Å²) in [6, 6.07) is 18.9. The summed E-state index contributed by atoms with van der Waals surface area (Å²) < 4.78 is 47.8. The number of amides is 2. The standard InChI is InChI=1S/C30H36FN3O5S/c1-6-39-26-16-18-27(19-17-26)40(37,38)34(25-14-12-24(31)13-15-25)21-28(35)33(20-23-10-8-7-9-11-23)22(2)29(36)32-30(3,4)5/h7-19,22H,6,20-21H2,1-5H3,(H,32,36)/t22-/m0/s1. The largest absolute Gasteiger partial charge is 0.494 e. The molecule has 0 unspecified atom stereocenters. The molecule has 40 heavy (non-hydrogen) atoms. The van der Waals surface area contributed by atoms with Gasteiger partial charge in [0.25, 0.3) is 10.0 Å². The number of carbonyl (C=O) groups is 2. The second kappa shape index (κ2) is 13.0. The predicted molar refractivity (Wildman–Crippen MR) is 153 cm³/mol. The first kappa shape index (κ1) is 30.6. The van der Waals surface area contributed by atoms with Crippen molar-refractivity contribution < 1.29 is 27.1 Å². The zero-order valence-electron chi connectivity index (χ0n) is 23.4. The highest BCUT2D eigenvalue weighted by atomic mass is 32.2. The van der Waals surface area contributed by atoms with Crippen LogP contribution in [0.4, 0.5) is 10.1 Å². The van der Waals surface area contributed by atoms with Gasteiger partial charge in [0.1, 0.15) is 24.2 Å². The number of rotatable bonds is 11. The van der Waals surface area contributed by atoms with E-state index in [-0.39, 0.29) is 23.0 Å². The summed E-state index contributed by atoms with van der Waals surface area (Å²) in [5.74, 6) is -1.02. The Hall–Kier alpha value is -3.92. The summed E-state index contributed by atoms with van der Waals surface area (Å²) in [7, 11) is -4.27. The molecule has 3 aromatic rings. The molecular weight excluding hydrogens is 533 g/mol. The third-order valence-electron chi connectivity index (χ3n) is 5.98. The van der Waals surface area contributed by atoms with Gasteiger partial charge in [-0.2, -0.15) is 0 Å². The molecule has 214 valence electrons. The molecule has 0 fully saturated rings. The zero-order chi connectivity index (χ0) is 29.5. The summed E-state index contributed by atoms with van der Waals surface area (Å²) in [6.45, 7) is 8.81. The fourth-order valence-corrected chi connectivity index (χ4v) is 5.39. The van der Waals surface area contributed by atoms with E-state index >= 15 is 0 Å². The van der Waals surface area contributed by atoms with Crippen LogP contribution in [-0.2, 0) is 26.2 Å². The Morgan fingerprint density at radius 3 is 2.10 bits per heavy atom. The fourth-order valence-electron chi connectivity index (χ4n) is 3.97. The number of hydrogen-bond acceptors (Lipinski definition) is 5. The average Bonchev–Trinajstić information content (AvgIpc) is 2.90. The van der Waals surface area contributed by atoms with E-state index in [0.717, 1.165) is 22.0 Å². The van der Waals surface area contributed by atoms with E-state index in [9.17, 15) is 22.4 Å². The van der Waals surface area contributed by atoms with Gasteiger partial charge in [-0.1, -0.05) is 30.3 Å². The van der Waals surface area contributed by atoms with Crippen molar-refractivity contribution in [3.05, 3.63) is 90.2 Å². The van der Waals surface area contributed by atoms with Crippen LogP contribution < -0.4 is 14.4 Å². The fraction of sp³-hybridized carbons (Fsp3) is 0.333. The van der Waals surface area contributed by atoms with Gasteiger partial charge in [-0.25, -0.2) is 12.8 Å². The number of nitrogens with one attached hydrogen (secondary N) is 1. The molecule has 0 aliphatic heterocycles. The van der Waals surface area contributed by atoms with Gasteiger partial charge in [0.05, 0.1) is 17.2 Å². The highest BCUT2D eigenvalue weighted by molar-refractivity contribution is 7.92. The Kier molecular flexibility index (Phi) is 9.92. The van der Waals surface area contributed by atoms with Crippen molar-refractivity contribution in [1.29, 1.82) is 0 Å². The Labute approximate surface area is 235 Å². The lowest BCUT2D eigenvalue weighted by atomic mass is 10.1. The maximum Gasteiger partial charge on any atom is 0.264 e. The van der Waals surface area contributed by atoms with Crippen LogP contribution in [0.3, 0.4) is 0 Å².